The Kier molecular flexibility index (Phi) is 5.86. The minimum absolute atomic E-state index is 0.00926. The molecule has 1 unspecified atom stereocenters. The van der Waals surface area contributed by atoms with Gasteiger partial charge in [-0.3, -0.25) is 14.9 Å². The molecule has 33 heavy (non-hydrogen) atoms. The topological polar surface area (TPSA) is 52.7 Å². The van der Waals surface area contributed by atoms with Gasteiger partial charge in [0, 0.05) is 17.8 Å². The summed E-state index contributed by atoms with van der Waals surface area (Å²) in [5.41, 5.74) is 4.10. The van der Waals surface area contributed by atoms with Crippen LogP contribution in [-0.4, -0.2) is 29.0 Å². The lowest BCUT2D eigenvalue weighted by molar-refractivity contribution is -0.122. The van der Waals surface area contributed by atoms with Crippen molar-refractivity contribution in [2.75, 3.05) is 16.3 Å². The number of carbonyl (C=O) groups excluding carboxylic acids is 2. The summed E-state index contributed by atoms with van der Waals surface area (Å²) >= 11 is 5.18. The molecule has 1 fully saturated rings. The predicted molar refractivity (Wildman–Crippen MR) is 134 cm³/mol. The molecule has 0 aliphatic carbocycles. The molecule has 0 aromatic heterocycles. The summed E-state index contributed by atoms with van der Waals surface area (Å²) < 4.78 is 14.4. The maximum Gasteiger partial charge on any atom is 0.270 e. The van der Waals surface area contributed by atoms with Crippen molar-refractivity contribution in [2.45, 2.75) is 52.5 Å². The van der Waals surface area contributed by atoms with E-state index in [0.717, 1.165) is 29.0 Å². The highest BCUT2D eigenvalue weighted by molar-refractivity contribution is 7.80. The summed E-state index contributed by atoms with van der Waals surface area (Å²) in [6, 6.07) is 10.1. The number of amides is 2. The van der Waals surface area contributed by atoms with Crippen molar-refractivity contribution in [3.63, 3.8) is 0 Å². The summed E-state index contributed by atoms with van der Waals surface area (Å²) in [6.07, 6.45) is 2.59. The Bertz CT molecular complexity index is 1200. The van der Waals surface area contributed by atoms with Gasteiger partial charge in [-0.25, -0.2) is 9.29 Å². The van der Waals surface area contributed by atoms with Crippen molar-refractivity contribution < 1.29 is 14.0 Å². The second-order valence-electron chi connectivity index (χ2n) is 9.34. The van der Waals surface area contributed by atoms with E-state index in [4.69, 9.17) is 12.2 Å². The van der Waals surface area contributed by atoms with Crippen molar-refractivity contribution >= 4 is 46.6 Å². The third kappa shape index (κ3) is 3.95. The molecule has 2 aliphatic rings. The van der Waals surface area contributed by atoms with E-state index in [1.807, 2.05) is 6.92 Å². The summed E-state index contributed by atoms with van der Waals surface area (Å²) in [7, 11) is 0. The normalized spacial score (nSPS) is 21.3. The molecular formula is C26H28FN3O2S. The fourth-order valence-electron chi connectivity index (χ4n) is 5.07. The van der Waals surface area contributed by atoms with Gasteiger partial charge < -0.3 is 4.90 Å². The number of carbonyl (C=O) groups is 2. The van der Waals surface area contributed by atoms with Gasteiger partial charge in [-0.2, -0.15) is 0 Å². The van der Waals surface area contributed by atoms with Crippen LogP contribution in [0.2, 0.25) is 0 Å². The number of hydrogen-bond donors (Lipinski definition) is 1. The molecule has 2 aliphatic heterocycles. The minimum Gasteiger partial charge on any atom is -0.366 e. The third-order valence-corrected chi connectivity index (χ3v) is 6.87. The van der Waals surface area contributed by atoms with Crippen LogP contribution in [0.25, 0.3) is 6.08 Å². The number of nitrogens with zero attached hydrogens (tertiary/aromatic N) is 2. The van der Waals surface area contributed by atoms with Crippen molar-refractivity contribution in [1.82, 2.24) is 5.32 Å². The van der Waals surface area contributed by atoms with Gasteiger partial charge in [-0.1, -0.05) is 19.1 Å². The molecule has 5 nitrogen and oxygen atoms in total. The molecule has 1 atom stereocenters. The van der Waals surface area contributed by atoms with Crippen LogP contribution in [0.1, 0.15) is 56.7 Å². The van der Waals surface area contributed by atoms with E-state index in [0.29, 0.717) is 5.92 Å². The summed E-state index contributed by atoms with van der Waals surface area (Å²) in [5, 5.41) is 2.39. The fourth-order valence-corrected chi connectivity index (χ4v) is 5.34. The molecule has 4 rings (SSSR count). The molecule has 2 aromatic rings. The van der Waals surface area contributed by atoms with Crippen molar-refractivity contribution in [3.8, 4) is 0 Å². The molecule has 1 N–H and O–H groups in total. The van der Waals surface area contributed by atoms with E-state index in [1.165, 1.54) is 29.4 Å². The first-order valence-corrected chi connectivity index (χ1v) is 11.5. The number of fused-ring (bicyclic) bond motifs is 1. The zero-order valence-corrected chi connectivity index (χ0v) is 20.3. The Morgan fingerprint density at radius 2 is 1.91 bits per heavy atom. The van der Waals surface area contributed by atoms with E-state index in [1.54, 1.807) is 12.1 Å². The molecule has 7 heteroatoms. The van der Waals surface area contributed by atoms with Crippen LogP contribution in [0.5, 0.6) is 0 Å². The van der Waals surface area contributed by atoms with Crippen LogP contribution in [0.15, 0.2) is 42.0 Å². The third-order valence-electron chi connectivity index (χ3n) is 6.58. The first-order valence-electron chi connectivity index (χ1n) is 11.1. The second-order valence-corrected chi connectivity index (χ2v) is 9.73. The molecule has 0 bridgehead atoms. The van der Waals surface area contributed by atoms with Crippen LogP contribution < -0.4 is 15.1 Å². The summed E-state index contributed by atoms with van der Waals surface area (Å²) in [6.45, 7) is 11.7. The van der Waals surface area contributed by atoms with Gasteiger partial charge in [-0.05, 0) is 99.3 Å². The average Bonchev–Trinajstić information content (AvgIpc) is 2.72. The van der Waals surface area contributed by atoms with Gasteiger partial charge in [0.05, 0.1) is 5.69 Å². The largest absolute Gasteiger partial charge is 0.366 e. The van der Waals surface area contributed by atoms with E-state index in [-0.39, 0.29) is 21.9 Å². The van der Waals surface area contributed by atoms with Gasteiger partial charge in [-0.15, -0.1) is 0 Å². The van der Waals surface area contributed by atoms with E-state index in [9.17, 15) is 14.0 Å². The van der Waals surface area contributed by atoms with Crippen LogP contribution in [0.4, 0.5) is 15.8 Å². The van der Waals surface area contributed by atoms with Crippen LogP contribution in [-0.2, 0) is 9.59 Å². The van der Waals surface area contributed by atoms with E-state index in [2.05, 4.69) is 50.0 Å². The number of aryl methyl sites for hydroxylation is 1. The standard InChI is InChI=1S/C26H28FN3O2S/c1-6-29-22-11-15(2)17(12-18(22)16(3)14-26(29,4)5)13-19-23(31)28-25(33)30(24(19)32)21-10-8-7-9-20(21)27/h7-13,16H,6,14H2,1-5H3,(H,28,31,33)/b19-13+. The van der Waals surface area contributed by atoms with E-state index >= 15 is 0 Å². The van der Waals surface area contributed by atoms with Crippen molar-refractivity contribution in [3.05, 3.63) is 64.5 Å². The number of thiocarbonyl (C=S) groups is 1. The van der Waals surface area contributed by atoms with Crippen LogP contribution in [0.3, 0.4) is 0 Å². The summed E-state index contributed by atoms with van der Waals surface area (Å²) in [5.74, 6) is -1.49. The second kappa shape index (κ2) is 8.37. The molecule has 0 spiro atoms. The fraction of sp³-hybridized carbons (Fsp3) is 0.346. The average molecular weight is 466 g/mol. The highest BCUT2D eigenvalue weighted by Gasteiger charge is 2.37. The molecule has 172 valence electrons. The maximum atomic E-state index is 14.4. The van der Waals surface area contributed by atoms with Crippen LogP contribution >= 0.6 is 12.2 Å². The van der Waals surface area contributed by atoms with Gasteiger partial charge >= 0.3 is 0 Å². The number of rotatable bonds is 3. The molecule has 0 saturated carbocycles. The highest BCUT2D eigenvalue weighted by atomic mass is 32.1. The highest BCUT2D eigenvalue weighted by Crippen LogP contribution is 2.44. The molecular weight excluding hydrogens is 437 g/mol. The van der Waals surface area contributed by atoms with Gasteiger partial charge in [0.15, 0.2) is 5.11 Å². The van der Waals surface area contributed by atoms with E-state index < -0.39 is 17.6 Å². The summed E-state index contributed by atoms with van der Waals surface area (Å²) in [4.78, 5) is 29.4. The molecule has 1 saturated heterocycles. The zero-order chi connectivity index (χ0) is 24.1. The quantitative estimate of drug-likeness (QED) is 0.390. The van der Waals surface area contributed by atoms with Crippen LogP contribution in [0, 0.1) is 12.7 Å². The minimum atomic E-state index is -0.643. The monoisotopic (exact) mass is 465 g/mol. The van der Waals surface area contributed by atoms with Gasteiger partial charge in [0.1, 0.15) is 11.4 Å². The van der Waals surface area contributed by atoms with Gasteiger partial charge in [0.25, 0.3) is 11.8 Å². The number of benzene rings is 2. The Labute approximate surface area is 199 Å². The Morgan fingerprint density at radius 3 is 2.58 bits per heavy atom. The Balaban J connectivity index is 1.79. The SMILES string of the molecule is CCN1c2cc(C)c(/C=C3\C(=O)NC(=S)N(c4ccccc4F)C3=O)cc2C(C)CC1(C)C. The molecule has 0 radical (unpaired) electrons. The number of hydrogen-bond acceptors (Lipinski definition) is 4. The molecule has 2 aromatic carbocycles. The first-order chi connectivity index (χ1) is 15.5. The lowest BCUT2D eigenvalue weighted by Crippen LogP contribution is -2.54. The Morgan fingerprint density at radius 1 is 1.21 bits per heavy atom. The van der Waals surface area contributed by atoms with Crippen molar-refractivity contribution in [1.29, 1.82) is 0 Å². The predicted octanol–water partition coefficient (Wildman–Crippen LogP) is 5.08. The first kappa shape index (κ1) is 23.1. The zero-order valence-electron chi connectivity index (χ0n) is 19.5. The van der Waals surface area contributed by atoms with Crippen molar-refractivity contribution in [2.24, 2.45) is 0 Å². The number of para-hydroxylation sites is 1. The van der Waals surface area contributed by atoms with Gasteiger partial charge in [0.2, 0.25) is 0 Å². The molecule has 2 amide bonds. The molecule has 2 heterocycles. The smallest absolute Gasteiger partial charge is 0.270 e. The lowest BCUT2D eigenvalue weighted by Gasteiger charge is -2.47. The number of nitrogens with one attached hydrogen (secondary N) is 1. The lowest BCUT2D eigenvalue weighted by atomic mass is 9.79. The maximum absolute atomic E-state index is 14.4. The number of halogens is 1. The number of anilines is 2. The Hall–Kier alpha value is -3.06.